The van der Waals surface area contributed by atoms with Crippen LogP contribution in [0.25, 0.3) is 22.3 Å². The summed E-state index contributed by atoms with van der Waals surface area (Å²) in [6.45, 7) is 1.33. The number of phenolic OH excluding ortho intramolecular Hbond substituents is 1. The molecule has 0 fully saturated rings. The second-order valence-electron chi connectivity index (χ2n) is 7.14. The van der Waals surface area contributed by atoms with Gasteiger partial charge in [-0.25, -0.2) is 9.59 Å². The summed E-state index contributed by atoms with van der Waals surface area (Å²) in [6, 6.07) is 19.1. The molecular formula is C26H20O8. The number of hydrogen-bond acceptors (Lipinski definition) is 8. The molecule has 4 rings (SSSR count). The van der Waals surface area contributed by atoms with E-state index < -0.39 is 24.0 Å². The molecule has 1 N–H and O–H groups in total. The minimum atomic E-state index is -0.782. The minimum absolute atomic E-state index is 0.00188. The summed E-state index contributed by atoms with van der Waals surface area (Å²) in [4.78, 5) is 36.9. The molecule has 8 nitrogen and oxygen atoms in total. The van der Waals surface area contributed by atoms with E-state index in [1.807, 2.05) is 18.2 Å². The van der Waals surface area contributed by atoms with E-state index >= 15 is 0 Å². The number of rotatable bonds is 7. The van der Waals surface area contributed by atoms with Gasteiger partial charge in [-0.2, -0.15) is 0 Å². The Balaban J connectivity index is 1.53. The molecule has 0 atom stereocenters. The van der Waals surface area contributed by atoms with Gasteiger partial charge in [0.2, 0.25) is 0 Å². The van der Waals surface area contributed by atoms with E-state index in [2.05, 4.69) is 0 Å². The maximum absolute atomic E-state index is 12.5. The fraction of sp³-hybridized carbons (Fsp3) is 0.115. The van der Waals surface area contributed by atoms with Crippen LogP contribution in [0, 0.1) is 0 Å². The number of aromatic hydroxyl groups is 1. The maximum atomic E-state index is 12.5. The molecule has 0 radical (unpaired) electrons. The van der Waals surface area contributed by atoms with Crippen molar-refractivity contribution in [3.63, 3.8) is 0 Å². The summed E-state index contributed by atoms with van der Waals surface area (Å²) >= 11 is 0. The van der Waals surface area contributed by atoms with Crippen molar-refractivity contribution in [1.29, 1.82) is 0 Å². The SMILES string of the molecule is CCOC(=O)c1ccccc1OC(=O)COc1cc(O)c2c(=O)cc(-c3ccccc3)oc2c1. The molecule has 34 heavy (non-hydrogen) atoms. The Kier molecular flexibility index (Phi) is 6.59. The van der Waals surface area contributed by atoms with E-state index in [1.165, 1.54) is 30.3 Å². The van der Waals surface area contributed by atoms with Crippen molar-refractivity contribution >= 4 is 22.9 Å². The first kappa shape index (κ1) is 22.6. The predicted molar refractivity (Wildman–Crippen MR) is 123 cm³/mol. The van der Waals surface area contributed by atoms with Gasteiger partial charge in [0.1, 0.15) is 39.5 Å². The highest BCUT2D eigenvalue weighted by Gasteiger charge is 2.17. The van der Waals surface area contributed by atoms with Gasteiger partial charge < -0.3 is 23.7 Å². The standard InChI is InChI=1S/C26H20O8/c1-2-31-26(30)18-10-6-7-11-21(18)34-24(29)15-32-17-12-19(27)25-20(28)14-22(33-23(25)13-17)16-8-4-3-5-9-16/h3-14,27H,2,15H2,1H3. The largest absolute Gasteiger partial charge is 0.507 e. The molecule has 1 heterocycles. The highest BCUT2D eigenvalue weighted by molar-refractivity contribution is 5.93. The van der Waals surface area contributed by atoms with Crippen LogP contribution in [-0.4, -0.2) is 30.3 Å². The lowest BCUT2D eigenvalue weighted by Gasteiger charge is -2.11. The number of esters is 2. The molecule has 0 aliphatic rings. The zero-order valence-corrected chi connectivity index (χ0v) is 18.1. The molecule has 0 spiro atoms. The number of benzene rings is 3. The monoisotopic (exact) mass is 460 g/mol. The Morgan fingerprint density at radius 2 is 1.71 bits per heavy atom. The van der Waals surface area contributed by atoms with E-state index in [0.717, 1.165) is 0 Å². The van der Waals surface area contributed by atoms with Gasteiger partial charge in [-0.3, -0.25) is 4.79 Å². The third kappa shape index (κ3) is 4.91. The molecule has 172 valence electrons. The van der Waals surface area contributed by atoms with Crippen LogP contribution >= 0.6 is 0 Å². The first-order valence-corrected chi connectivity index (χ1v) is 10.4. The Hall–Kier alpha value is -4.59. The molecule has 0 saturated heterocycles. The highest BCUT2D eigenvalue weighted by atomic mass is 16.6. The molecule has 0 aliphatic heterocycles. The van der Waals surface area contributed by atoms with Gasteiger partial charge in [-0.1, -0.05) is 42.5 Å². The number of hydrogen-bond donors (Lipinski definition) is 1. The lowest BCUT2D eigenvalue weighted by Crippen LogP contribution is -2.19. The summed E-state index contributed by atoms with van der Waals surface area (Å²) in [6.07, 6.45) is 0. The molecule has 0 amide bonds. The van der Waals surface area contributed by atoms with Gasteiger partial charge in [-0.05, 0) is 19.1 Å². The van der Waals surface area contributed by atoms with Crippen LogP contribution < -0.4 is 14.9 Å². The Morgan fingerprint density at radius 1 is 0.971 bits per heavy atom. The van der Waals surface area contributed by atoms with E-state index in [4.69, 9.17) is 18.6 Å². The minimum Gasteiger partial charge on any atom is -0.507 e. The zero-order chi connectivity index (χ0) is 24.1. The number of carbonyl (C=O) groups excluding carboxylic acids is 2. The van der Waals surface area contributed by atoms with Gasteiger partial charge >= 0.3 is 11.9 Å². The normalized spacial score (nSPS) is 10.6. The molecule has 4 aromatic rings. The number of carbonyl (C=O) groups is 2. The van der Waals surface area contributed by atoms with Crippen molar-refractivity contribution < 1.29 is 33.3 Å². The summed E-state index contributed by atoms with van der Waals surface area (Å²) in [7, 11) is 0. The Labute approximate surface area is 193 Å². The van der Waals surface area contributed by atoms with Crippen LogP contribution in [0.15, 0.2) is 82.0 Å². The van der Waals surface area contributed by atoms with E-state index in [-0.39, 0.29) is 40.4 Å². The van der Waals surface area contributed by atoms with Crippen molar-refractivity contribution in [3.05, 3.63) is 88.6 Å². The highest BCUT2D eigenvalue weighted by Crippen LogP contribution is 2.31. The average molecular weight is 460 g/mol. The summed E-state index contributed by atoms with van der Waals surface area (Å²) in [5.74, 6) is -1.29. The lowest BCUT2D eigenvalue weighted by molar-refractivity contribution is -0.136. The van der Waals surface area contributed by atoms with Crippen LogP contribution in [0.4, 0.5) is 0 Å². The third-order valence-corrected chi connectivity index (χ3v) is 4.80. The average Bonchev–Trinajstić information content (AvgIpc) is 2.83. The molecule has 3 aromatic carbocycles. The maximum Gasteiger partial charge on any atom is 0.349 e. The van der Waals surface area contributed by atoms with Gasteiger partial charge in [0.25, 0.3) is 0 Å². The van der Waals surface area contributed by atoms with Crippen LogP contribution in [0.2, 0.25) is 0 Å². The fourth-order valence-electron chi connectivity index (χ4n) is 3.30. The van der Waals surface area contributed by atoms with Crippen molar-refractivity contribution in [2.75, 3.05) is 13.2 Å². The first-order valence-electron chi connectivity index (χ1n) is 10.4. The number of para-hydroxylation sites is 1. The topological polar surface area (TPSA) is 112 Å². The molecule has 0 bridgehead atoms. The second kappa shape index (κ2) is 9.91. The zero-order valence-electron chi connectivity index (χ0n) is 18.1. The van der Waals surface area contributed by atoms with Crippen molar-refractivity contribution in [2.45, 2.75) is 6.92 Å². The molecule has 8 heteroatoms. The van der Waals surface area contributed by atoms with E-state index in [0.29, 0.717) is 11.3 Å². The van der Waals surface area contributed by atoms with Crippen LogP contribution in [0.1, 0.15) is 17.3 Å². The summed E-state index contributed by atoms with van der Waals surface area (Å²) in [5.41, 5.74) is 0.480. The van der Waals surface area contributed by atoms with E-state index in [1.54, 1.807) is 31.2 Å². The Bertz CT molecular complexity index is 1410. The van der Waals surface area contributed by atoms with E-state index in [9.17, 15) is 19.5 Å². The third-order valence-electron chi connectivity index (χ3n) is 4.80. The Morgan fingerprint density at radius 3 is 2.47 bits per heavy atom. The van der Waals surface area contributed by atoms with Crippen molar-refractivity contribution in [1.82, 2.24) is 0 Å². The molecule has 0 unspecified atom stereocenters. The van der Waals surface area contributed by atoms with Gasteiger partial charge in [0.05, 0.1) is 6.61 Å². The summed E-state index contributed by atoms with van der Waals surface area (Å²) in [5, 5.41) is 10.3. The molecule has 1 aromatic heterocycles. The number of phenols is 1. The predicted octanol–water partition coefficient (Wildman–Crippen LogP) is 4.33. The van der Waals surface area contributed by atoms with Crippen molar-refractivity contribution in [3.8, 4) is 28.6 Å². The molecule has 0 saturated carbocycles. The smallest absolute Gasteiger partial charge is 0.349 e. The fourth-order valence-corrected chi connectivity index (χ4v) is 3.30. The summed E-state index contributed by atoms with van der Waals surface area (Å²) < 4.78 is 21.5. The van der Waals surface area contributed by atoms with Crippen LogP contribution in [0.5, 0.6) is 17.2 Å². The second-order valence-corrected chi connectivity index (χ2v) is 7.14. The van der Waals surface area contributed by atoms with Gasteiger partial charge in [-0.15, -0.1) is 0 Å². The lowest BCUT2D eigenvalue weighted by atomic mass is 10.1. The molecule has 0 aliphatic carbocycles. The van der Waals surface area contributed by atoms with Crippen LogP contribution in [-0.2, 0) is 9.53 Å². The first-order chi connectivity index (χ1) is 16.5. The van der Waals surface area contributed by atoms with Gasteiger partial charge in [0, 0.05) is 23.8 Å². The number of ether oxygens (including phenoxy) is 3. The quantitative estimate of drug-likeness (QED) is 0.320. The number of fused-ring (bicyclic) bond motifs is 1. The van der Waals surface area contributed by atoms with Crippen LogP contribution in [0.3, 0.4) is 0 Å². The van der Waals surface area contributed by atoms with Crippen molar-refractivity contribution in [2.24, 2.45) is 0 Å². The molecular weight excluding hydrogens is 440 g/mol. The van der Waals surface area contributed by atoms with Gasteiger partial charge in [0.15, 0.2) is 12.0 Å².